The number of aliphatic carboxylic acids is 1. The number of carboxylic acids is 1. The molecule has 0 amide bonds. The topological polar surface area (TPSA) is 117 Å². The number of benzene rings is 2. The number of hydrogen-bond acceptors (Lipinski definition) is 10. The maximum absolute atomic E-state index is 12.3. The summed E-state index contributed by atoms with van der Waals surface area (Å²) in [5, 5.41) is 13.7. The second kappa shape index (κ2) is 12.7. The summed E-state index contributed by atoms with van der Waals surface area (Å²) in [6.45, 7) is 9.06. The van der Waals surface area contributed by atoms with Gasteiger partial charge in [-0.05, 0) is 41.9 Å². The van der Waals surface area contributed by atoms with Crippen LogP contribution in [-0.2, 0) is 17.9 Å². The van der Waals surface area contributed by atoms with Crippen LogP contribution in [0.4, 0.5) is 5.69 Å². The molecule has 1 saturated heterocycles. The van der Waals surface area contributed by atoms with Crippen molar-refractivity contribution >= 4 is 29.0 Å². The standard InChI is InChI=1S/C31H31N7O3S/c1-2-37-15-17-38(18-16-37)19-21-7-9-22(10-8-21)20-41-31-33-14-12-24(36-31)23-11-13-32-28(34-23)27(30(39)40)29-35-25-5-3-4-6-26(25)42-29/h3-14,35H,2,15-20H2,1H3,(H,39,40). The molecule has 0 aliphatic carbocycles. The second-order valence-electron chi connectivity index (χ2n) is 10.0. The Bertz CT molecular complexity index is 1580. The predicted octanol–water partition coefficient (Wildman–Crippen LogP) is 4.62. The number of thioether (sulfide) groups is 1. The van der Waals surface area contributed by atoms with E-state index in [1.807, 2.05) is 24.3 Å². The highest BCUT2D eigenvalue weighted by molar-refractivity contribution is 8.04. The first-order valence-electron chi connectivity index (χ1n) is 13.9. The molecule has 2 aromatic carbocycles. The van der Waals surface area contributed by atoms with Crippen molar-refractivity contribution in [2.75, 3.05) is 38.0 Å². The molecule has 11 heteroatoms. The Morgan fingerprint density at radius 1 is 0.905 bits per heavy atom. The molecule has 0 spiro atoms. The molecular formula is C31H31N7O3S. The van der Waals surface area contributed by atoms with E-state index in [1.54, 1.807) is 18.3 Å². The fourth-order valence-electron chi connectivity index (χ4n) is 4.91. The van der Waals surface area contributed by atoms with Gasteiger partial charge in [0, 0.05) is 50.0 Å². The number of nitrogens with zero attached hydrogens (tertiary/aromatic N) is 6. The number of nitrogens with one attached hydrogen (secondary N) is 1. The molecule has 0 radical (unpaired) electrons. The molecule has 0 unspecified atom stereocenters. The smallest absolute Gasteiger partial charge is 0.342 e. The third-order valence-corrected chi connectivity index (χ3v) is 8.36. The first-order valence-corrected chi connectivity index (χ1v) is 14.7. The van der Waals surface area contributed by atoms with Crippen LogP contribution in [0.3, 0.4) is 0 Å². The normalized spacial score (nSPS) is 16.5. The van der Waals surface area contributed by atoms with E-state index >= 15 is 0 Å². The first-order chi connectivity index (χ1) is 20.6. The Balaban J connectivity index is 1.12. The van der Waals surface area contributed by atoms with Gasteiger partial charge in [0.25, 0.3) is 0 Å². The Morgan fingerprint density at radius 2 is 1.60 bits per heavy atom. The minimum Gasteiger partial charge on any atom is -0.477 e. The van der Waals surface area contributed by atoms with E-state index in [0.29, 0.717) is 23.0 Å². The number of fused-ring (bicyclic) bond motifs is 1. The van der Waals surface area contributed by atoms with Crippen molar-refractivity contribution in [2.45, 2.75) is 25.0 Å². The van der Waals surface area contributed by atoms with Gasteiger partial charge in [0.1, 0.15) is 12.2 Å². The molecule has 2 aromatic heterocycles. The number of rotatable bonds is 9. The van der Waals surface area contributed by atoms with E-state index in [-0.39, 0.29) is 17.4 Å². The summed E-state index contributed by atoms with van der Waals surface area (Å²) in [5.41, 5.74) is 4.13. The van der Waals surface area contributed by atoms with Crippen LogP contribution in [0.25, 0.3) is 17.0 Å². The lowest BCUT2D eigenvalue weighted by atomic mass is 10.1. The fourth-order valence-corrected chi connectivity index (χ4v) is 5.95. The van der Waals surface area contributed by atoms with Gasteiger partial charge in [-0.3, -0.25) is 4.90 Å². The SMILES string of the molecule is CCN1CCN(Cc2ccc(COc3nccc(-c4ccnc(C(C(=O)O)=C5Nc6ccccc6S5)n4)n3)cc2)CC1. The summed E-state index contributed by atoms with van der Waals surface area (Å²) in [4.78, 5) is 35.8. The number of carbonyl (C=O) groups is 1. The molecule has 2 aliphatic rings. The lowest BCUT2D eigenvalue weighted by Crippen LogP contribution is -2.45. The lowest BCUT2D eigenvalue weighted by molar-refractivity contribution is -0.130. The summed E-state index contributed by atoms with van der Waals surface area (Å²) < 4.78 is 5.90. The summed E-state index contributed by atoms with van der Waals surface area (Å²) in [6.07, 6.45) is 3.13. The summed E-state index contributed by atoms with van der Waals surface area (Å²) in [6, 6.07) is 19.7. The maximum Gasteiger partial charge on any atom is 0.342 e. The minimum atomic E-state index is -1.12. The number of aromatic nitrogens is 4. The molecule has 2 N–H and O–H groups in total. The largest absolute Gasteiger partial charge is 0.477 e. The molecule has 0 bridgehead atoms. The van der Waals surface area contributed by atoms with Crippen LogP contribution in [0, 0.1) is 0 Å². The quantitative estimate of drug-likeness (QED) is 0.270. The van der Waals surface area contributed by atoms with Crippen molar-refractivity contribution in [1.82, 2.24) is 29.7 Å². The molecule has 1 fully saturated rings. The van der Waals surface area contributed by atoms with E-state index < -0.39 is 5.97 Å². The third-order valence-electron chi connectivity index (χ3n) is 7.27. The molecule has 6 rings (SSSR count). The van der Waals surface area contributed by atoms with Gasteiger partial charge in [0.15, 0.2) is 5.82 Å². The Hall–Kier alpha value is -4.32. The van der Waals surface area contributed by atoms with Crippen molar-refractivity contribution in [3.8, 4) is 17.4 Å². The van der Waals surface area contributed by atoms with E-state index in [4.69, 9.17) is 4.74 Å². The van der Waals surface area contributed by atoms with Gasteiger partial charge in [0.2, 0.25) is 0 Å². The van der Waals surface area contributed by atoms with Gasteiger partial charge in [0.05, 0.1) is 22.1 Å². The van der Waals surface area contributed by atoms with E-state index in [9.17, 15) is 9.90 Å². The summed E-state index contributed by atoms with van der Waals surface area (Å²) in [7, 11) is 0. The fraction of sp³-hybridized carbons (Fsp3) is 0.258. The molecule has 0 atom stereocenters. The van der Waals surface area contributed by atoms with Crippen molar-refractivity contribution in [2.24, 2.45) is 0 Å². The summed E-state index contributed by atoms with van der Waals surface area (Å²) in [5.74, 6) is -1.03. The number of ether oxygens (including phenoxy) is 1. The van der Waals surface area contributed by atoms with Crippen LogP contribution < -0.4 is 10.1 Å². The molecule has 4 heterocycles. The predicted molar refractivity (Wildman–Crippen MR) is 162 cm³/mol. The van der Waals surface area contributed by atoms with Gasteiger partial charge >= 0.3 is 12.0 Å². The molecule has 214 valence electrons. The minimum absolute atomic E-state index is 0.00440. The van der Waals surface area contributed by atoms with Gasteiger partial charge in [-0.25, -0.2) is 19.7 Å². The van der Waals surface area contributed by atoms with Crippen LogP contribution in [0.15, 0.2) is 83.0 Å². The molecule has 2 aliphatic heterocycles. The Kier molecular flexibility index (Phi) is 8.40. The number of hydrogen-bond donors (Lipinski definition) is 2. The molecule has 0 saturated carbocycles. The molecule has 4 aromatic rings. The maximum atomic E-state index is 12.3. The molecule has 42 heavy (non-hydrogen) atoms. The van der Waals surface area contributed by atoms with E-state index in [1.165, 1.54) is 23.5 Å². The average molecular weight is 582 g/mol. The zero-order valence-electron chi connectivity index (χ0n) is 23.2. The Labute approximate surface area is 248 Å². The van der Waals surface area contributed by atoms with Crippen LogP contribution in [0.1, 0.15) is 23.9 Å². The molecule has 10 nitrogen and oxygen atoms in total. The van der Waals surface area contributed by atoms with Crippen molar-refractivity contribution < 1.29 is 14.6 Å². The van der Waals surface area contributed by atoms with E-state index in [0.717, 1.165) is 55.4 Å². The van der Waals surface area contributed by atoms with Crippen molar-refractivity contribution in [3.05, 3.63) is 95.0 Å². The first kappa shape index (κ1) is 27.8. The highest BCUT2D eigenvalue weighted by Gasteiger charge is 2.26. The van der Waals surface area contributed by atoms with Crippen molar-refractivity contribution in [3.63, 3.8) is 0 Å². The average Bonchev–Trinajstić information content (AvgIpc) is 3.45. The second-order valence-corrected chi connectivity index (χ2v) is 11.1. The number of carboxylic acid groups (broad SMARTS) is 1. The van der Waals surface area contributed by atoms with Crippen LogP contribution in [0.2, 0.25) is 0 Å². The zero-order chi connectivity index (χ0) is 28.9. The molecular weight excluding hydrogens is 550 g/mol. The van der Waals surface area contributed by atoms with Gasteiger partial charge in [-0.1, -0.05) is 55.1 Å². The summed E-state index contributed by atoms with van der Waals surface area (Å²) >= 11 is 1.34. The van der Waals surface area contributed by atoms with Gasteiger partial charge < -0.3 is 20.1 Å². The van der Waals surface area contributed by atoms with Gasteiger partial charge in [-0.15, -0.1) is 0 Å². The number of likely N-dealkylation sites (N-methyl/N-ethyl adjacent to an activating group) is 1. The van der Waals surface area contributed by atoms with Crippen LogP contribution in [0.5, 0.6) is 6.01 Å². The monoisotopic (exact) mass is 581 g/mol. The van der Waals surface area contributed by atoms with Crippen molar-refractivity contribution in [1.29, 1.82) is 0 Å². The van der Waals surface area contributed by atoms with Gasteiger partial charge in [-0.2, -0.15) is 4.98 Å². The number of anilines is 1. The van der Waals surface area contributed by atoms with Crippen LogP contribution >= 0.6 is 11.8 Å². The Morgan fingerprint density at radius 3 is 2.33 bits per heavy atom. The third kappa shape index (κ3) is 6.43. The van der Waals surface area contributed by atoms with E-state index in [2.05, 4.69) is 66.2 Å². The van der Waals surface area contributed by atoms with Crippen LogP contribution in [-0.4, -0.2) is 73.5 Å². The number of para-hydroxylation sites is 1. The highest BCUT2D eigenvalue weighted by Crippen LogP contribution is 2.43. The highest BCUT2D eigenvalue weighted by atomic mass is 32.2. The zero-order valence-corrected chi connectivity index (χ0v) is 24.0. The lowest BCUT2D eigenvalue weighted by Gasteiger charge is -2.34. The number of piperazine rings is 1.